The molecule has 0 saturated carbocycles. The van der Waals surface area contributed by atoms with Crippen molar-refractivity contribution in [3.63, 3.8) is 0 Å². The molecule has 0 heterocycles. The predicted molar refractivity (Wildman–Crippen MR) is 64.1 cm³/mol. The van der Waals surface area contributed by atoms with Crippen molar-refractivity contribution in [3.8, 4) is 0 Å². The largest absolute Gasteiger partial charge is 0.394 e. The summed E-state index contributed by atoms with van der Waals surface area (Å²) in [4.78, 5) is 2.13. The first-order chi connectivity index (χ1) is 6.90. The maximum Gasteiger partial charge on any atom is 0.0609 e. The third kappa shape index (κ3) is 6.88. The van der Waals surface area contributed by atoms with Gasteiger partial charge < -0.3 is 9.84 Å². The first kappa shape index (κ1) is 14.9. The second-order valence-corrected chi connectivity index (χ2v) is 5.19. The molecule has 0 aromatic carbocycles. The van der Waals surface area contributed by atoms with Crippen molar-refractivity contribution in [2.45, 2.75) is 39.7 Å². The highest BCUT2D eigenvalue weighted by Crippen LogP contribution is 2.10. The highest BCUT2D eigenvalue weighted by molar-refractivity contribution is 4.77. The van der Waals surface area contributed by atoms with Gasteiger partial charge in [0.05, 0.1) is 13.2 Å². The van der Waals surface area contributed by atoms with E-state index in [9.17, 15) is 0 Å². The average molecular weight is 217 g/mol. The molecule has 3 nitrogen and oxygen atoms in total. The molecule has 0 aliphatic rings. The van der Waals surface area contributed by atoms with E-state index in [1.165, 1.54) is 0 Å². The lowest BCUT2D eigenvalue weighted by atomic mass is 10.1. The van der Waals surface area contributed by atoms with E-state index in [2.05, 4.69) is 18.7 Å². The maximum atomic E-state index is 9.16. The van der Waals surface area contributed by atoms with Crippen LogP contribution in [-0.2, 0) is 4.74 Å². The Bertz CT molecular complexity index is 158. The summed E-state index contributed by atoms with van der Waals surface area (Å²) in [5.41, 5.74) is -0.151. The molecule has 92 valence electrons. The van der Waals surface area contributed by atoms with Crippen LogP contribution < -0.4 is 0 Å². The topological polar surface area (TPSA) is 32.7 Å². The molecule has 0 amide bonds. The van der Waals surface area contributed by atoms with Gasteiger partial charge in [-0.15, -0.1) is 0 Å². The number of ether oxygens (including phenoxy) is 1. The van der Waals surface area contributed by atoms with Gasteiger partial charge in [0.15, 0.2) is 0 Å². The Morgan fingerprint density at radius 1 is 1.27 bits per heavy atom. The van der Waals surface area contributed by atoms with Gasteiger partial charge in [-0.2, -0.15) is 0 Å². The monoisotopic (exact) mass is 217 g/mol. The van der Waals surface area contributed by atoms with Crippen molar-refractivity contribution in [1.29, 1.82) is 0 Å². The van der Waals surface area contributed by atoms with Gasteiger partial charge in [0.25, 0.3) is 0 Å². The minimum atomic E-state index is -0.151. The van der Waals surface area contributed by atoms with Gasteiger partial charge in [-0.05, 0) is 33.2 Å². The number of hydrogen-bond acceptors (Lipinski definition) is 3. The molecule has 0 rings (SSSR count). The van der Waals surface area contributed by atoms with Crippen molar-refractivity contribution in [1.82, 2.24) is 4.90 Å². The fourth-order valence-electron chi connectivity index (χ4n) is 1.05. The average Bonchev–Trinajstić information content (AvgIpc) is 2.16. The molecule has 3 heteroatoms. The van der Waals surface area contributed by atoms with Gasteiger partial charge in [-0.3, -0.25) is 4.90 Å². The molecule has 0 aliphatic heterocycles. The molecular weight excluding hydrogens is 190 g/mol. The van der Waals surface area contributed by atoms with E-state index >= 15 is 0 Å². The van der Waals surface area contributed by atoms with Crippen molar-refractivity contribution in [2.75, 3.05) is 33.4 Å². The second kappa shape index (κ2) is 7.20. The van der Waals surface area contributed by atoms with Crippen LogP contribution in [0.3, 0.4) is 0 Å². The van der Waals surface area contributed by atoms with E-state index in [0.29, 0.717) is 5.92 Å². The van der Waals surface area contributed by atoms with E-state index in [0.717, 1.165) is 26.2 Å². The van der Waals surface area contributed by atoms with Crippen LogP contribution in [0.4, 0.5) is 0 Å². The van der Waals surface area contributed by atoms with Crippen LogP contribution in [-0.4, -0.2) is 49.0 Å². The fourth-order valence-corrected chi connectivity index (χ4v) is 1.05. The minimum Gasteiger partial charge on any atom is -0.394 e. The molecule has 15 heavy (non-hydrogen) atoms. The predicted octanol–water partition coefficient (Wildman–Crippen LogP) is 1.75. The van der Waals surface area contributed by atoms with Gasteiger partial charge in [0.1, 0.15) is 0 Å². The zero-order chi connectivity index (χ0) is 11.9. The van der Waals surface area contributed by atoms with Crippen molar-refractivity contribution in [2.24, 2.45) is 5.92 Å². The molecule has 0 spiro atoms. The van der Waals surface area contributed by atoms with Crippen LogP contribution >= 0.6 is 0 Å². The van der Waals surface area contributed by atoms with E-state index in [4.69, 9.17) is 9.84 Å². The Labute approximate surface area is 94.4 Å². The molecule has 0 radical (unpaired) electrons. The summed E-state index contributed by atoms with van der Waals surface area (Å²) < 4.78 is 5.53. The molecule has 0 aliphatic carbocycles. The number of likely N-dealkylation sites (N-methyl/N-ethyl adjacent to an activating group) is 1. The summed E-state index contributed by atoms with van der Waals surface area (Å²) in [6.45, 7) is 11.1. The summed E-state index contributed by atoms with van der Waals surface area (Å²) >= 11 is 0. The Morgan fingerprint density at radius 2 is 1.87 bits per heavy atom. The summed E-state index contributed by atoms with van der Waals surface area (Å²) in [7, 11) is 2.02. The molecule has 0 bridgehead atoms. The summed E-state index contributed by atoms with van der Waals surface area (Å²) in [6, 6.07) is 0. The van der Waals surface area contributed by atoms with Crippen LogP contribution in [0.5, 0.6) is 0 Å². The van der Waals surface area contributed by atoms with E-state index in [1.807, 2.05) is 20.9 Å². The Hall–Kier alpha value is -0.120. The van der Waals surface area contributed by atoms with E-state index < -0.39 is 0 Å². The molecule has 0 aromatic rings. The molecule has 0 saturated heterocycles. The molecule has 0 fully saturated rings. The summed E-state index contributed by atoms with van der Waals surface area (Å²) in [6.07, 6.45) is 1.12. The molecular formula is C12H27NO2. The number of hydrogen-bond donors (Lipinski definition) is 1. The lowest BCUT2D eigenvalue weighted by Crippen LogP contribution is -2.45. The van der Waals surface area contributed by atoms with Crippen LogP contribution in [0.15, 0.2) is 0 Å². The van der Waals surface area contributed by atoms with Crippen LogP contribution in [0, 0.1) is 5.92 Å². The van der Waals surface area contributed by atoms with Gasteiger partial charge in [0.2, 0.25) is 0 Å². The number of aliphatic hydroxyl groups excluding tert-OH is 1. The number of rotatable bonds is 8. The second-order valence-electron chi connectivity index (χ2n) is 5.19. The molecule has 0 aromatic heterocycles. The van der Waals surface area contributed by atoms with Crippen molar-refractivity contribution < 1.29 is 9.84 Å². The van der Waals surface area contributed by atoms with Gasteiger partial charge in [-0.1, -0.05) is 13.8 Å². The molecule has 1 N–H and O–H groups in total. The van der Waals surface area contributed by atoms with Crippen LogP contribution in [0.2, 0.25) is 0 Å². The van der Waals surface area contributed by atoms with E-state index in [-0.39, 0.29) is 12.1 Å². The SMILES string of the molecule is CC(C)CCOCCN(C)C(C)(C)CO. The third-order valence-corrected chi connectivity index (χ3v) is 2.83. The maximum absolute atomic E-state index is 9.16. The Kier molecular flexibility index (Phi) is 7.14. The first-order valence-corrected chi connectivity index (χ1v) is 5.80. The normalized spacial score (nSPS) is 12.8. The van der Waals surface area contributed by atoms with Gasteiger partial charge in [0, 0.05) is 18.7 Å². The highest BCUT2D eigenvalue weighted by atomic mass is 16.5. The van der Waals surface area contributed by atoms with Crippen molar-refractivity contribution >= 4 is 0 Å². The van der Waals surface area contributed by atoms with Gasteiger partial charge in [-0.25, -0.2) is 0 Å². The first-order valence-electron chi connectivity index (χ1n) is 5.80. The Balaban J connectivity index is 3.51. The lowest BCUT2D eigenvalue weighted by Gasteiger charge is -2.33. The summed E-state index contributed by atoms with van der Waals surface area (Å²) in [5.74, 6) is 0.705. The fraction of sp³-hybridized carbons (Fsp3) is 1.00. The lowest BCUT2D eigenvalue weighted by molar-refractivity contribution is 0.0412. The van der Waals surface area contributed by atoms with Gasteiger partial charge >= 0.3 is 0 Å². The minimum absolute atomic E-state index is 0.151. The quantitative estimate of drug-likeness (QED) is 0.629. The van der Waals surface area contributed by atoms with Crippen LogP contribution in [0.25, 0.3) is 0 Å². The Morgan fingerprint density at radius 3 is 2.33 bits per heavy atom. The molecule has 0 atom stereocenters. The van der Waals surface area contributed by atoms with E-state index in [1.54, 1.807) is 0 Å². The number of nitrogens with zero attached hydrogens (tertiary/aromatic N) is 1. The summed E-state index contributed by atoms with van der Waals surface area (Å²) in [5, 5.41) is 9.16. The zero-order valence-corrected chi connectivity index (χ0v) is 10.9. The molecule has 0 unspecified atom stereocenters. The van der Waals surface area contributed by atoms with Crippen LogP contribution in [0.1, 0.15) is 34.1 Å². The zero-order valence-electron chi connectivity index (χ0n) is 10.9. The smallest absolute Gasteiger partial charge is 0.0609 e. The highest BCUT2D eigenvalue weighted by Gasteiger charge is 2.21. The van der Waals surface area contributed by atoms with Crippen molar-refractivity contribution in [3.05, 3.63) is 0 Å². The standard InChI is InChI=1S/C12H27NO2/c1-11(2)6-8-15-9-7-13(5)12(3,4)10-14/h11,14H,6-10H2,1-5H3. The third-order valence-electron chi connectivity index (χ3n) is 2.83. The number of aliphatic hydroxyl groups is 1.